The lowest BCUT2D eigenvalue weighted by molar-refractivity contribution is -0.274. The maximum atomic E-state index is 12.0. The summed E-state index contributed by atoms with van der Waals surface area (Å²) in [7, 11) is 1.61. The van der Waals surface area contributed by atoms with Gasteiger partial charge in [-0.2, -0.15) is 0 Å². The van der Waals surface area contributed by atoms with Crippen molar-refractivity contribution in [2.75, 3.05) is 26.8 Å². The van der Waals surface area contributed by atoms with E-state index in [-0.39, 0.29) is 5.75 Å². The molecule has 1 N–H and O–H groups in total. The first-order valence-electron chi connectivity index (χ1n) is 5.73. The molecule has 0 saturated carbocycles. The lowest BCUT2D eigenvalue weighted by Crippen LogP contribution is -2.18. The van der Waals surface area contributed by atoms with Crippen molar-refractivity contribution < 1.29 is 22.6 Å². The Morgan fingerprint density at radius 3 is 2.79 bits per heavy atom. The Bertz CT molecular complexity index is 405. The molecule has 6 heteroatoms. The van der Waals surface area contributed by atoms with E-state index in [0.29, 0.717) is 18.7 Å². The first-order chi connectivity index (χ1) is 9.01. The zero-order valence-electron chi connectivity index (χ0n) is 10.5. The van der Waals surface area contributed by atoms with Gasteiger partial charge in [-0.15, -0.1) is 13.2 Å². The molecule has 0 fully saturated rings. The van der Waals surface area contributed by atoms with Gasteiger partial charge in [0.15, 0.2) is 0 Å². The third-order valence-electron chi connectivity index (χ3n) is 2.15. The standard InChI is InChI=1S/C13H16F3NO2/c1-18-9-8-17-7-3-5-11-4-2-6-12(10-11)19-13(14,15)16/h2-6,10,17H,7-9H2,1H3/b5-3+. The molecule has 0 unspecified atom stereocenters. The molecule has 3 nitrogen and oxygen atoms in total. The van der Waals surface area contributed by atoms with E-state index in [0.717, 1.165) is 6.54 Å². The van der Waals surface area contributed by atoms with Gasteiger partial charge < -0.3 is 14.8 Å². The van der Waals surface area contributed by atoms with Gasteiger partial charge in [0.1, 0.15) is 5.75 Å². The van der Waals surface area contributed by atoms with Gasteiger partial charge in [0, 0.05) is 20.2 Å². The van der Waals surface area contributed by atoms with Gasteiger partial charge in [-0.25, -0.2) is 0 Å². The zero-order chi connectivity index (χ0) is 14.1. The fourth-order valence-corrected chi connectivity index (χ4v) is 1.37. The normalized spacial score (nSPS) is 12.0. The van der Waals surface area contributed by atoms with E-state index in [1.165, 1.54) is 18.2 Å². The summed E-state index contributed by atoms with van der Waals surface area (Å²) in [6.07, 6.45) is -1.12. The summed E-state index contributed by atoms with van der Waals surface area (Å²) >= 11 is 0. The highest BCUT2D eigenvalue weighted by Gasteiger charge is 2.30. The maximum absolute atomic E-state index is 12.0. The molecule has 0 aliphatic carbocycles. The van der Waals surface area contributed by atoms with Crippen LogP contribution in [-0.2, 0) is 4.74 Å². The van der Waals surface area contributed by atoms with Crippen molar-refractivity contribution in [2.45, 2.75) is 6.36 Å². The number of ether oxygens (including phenoxy) is 2. The molecule has 1 rings (SSSR count). The van der Waals surface area contributed by atoms with Crippen molar-refractivity contribution in [1.29, 1.82) is 0 Å². The van der Waals surface area contributed by atoms with E-state index < -0.39 is 6.36 Å². The molecule has 0 aromatic heterocycles. The van der Waals surface area contributed by atoms with Gasteiger partial charge in [-0.3, -0.25) is 0 Å². The monoisotopic (exact) mass is 275 g/mol. The van der Waals surface area contributed by atoms with E-state index in [1.807, 2.05) is 6.08 Å². The highest BCUT2D eigenvalue weighted by molar-refractivity contribution is 5.51. The molecule has 0 aliphatic heterocycles. The molecule has 0 aliphatic rings. The van der Waals surface area contributed by atoms with Crippen LogP contribution < -0.4 is 10.1 Å². The van der Waals surface area contributed by atoms with Gasteiger partial charge in [0.25, 0.3) is 0 Å². The van der Waals surface area contributed by atoms with Crippen LogP contribution in [0.15, 0.2) is 30.3 Å². The van der Waals surface area contributed by atoms with Gasteiger partial charge in [0.05, 0.1) is 6.61 Å². The van der Waals surface area contributed by atoms with Crippen molar-refractivity contribution in [1.82, 2.24) is 5.32 Å². The number of methoxy groups -OCH3 is 1. The smallest absolute Gasteiger partial charge is 0.406 e. The van der Waals surface area contributed by atoms with Crippen LogP contribution in [0.25, 0.3) is 6.08 Å². The average molecular weight is 275 g/mol. The molecule has 0 amide bonds. The number of hydrogen-bond acceptors (Lipinski definition) is 3. The molecule has 0 saturated heterocycles. The maximum Gasteiger partial charge on any atom is 0.573 e. The molecule has 0 atom stereocenters. The van der Waals surface area contributed by atoms with Crippen molar-refractivity contribution in [3.05, 3.63) is 35.9 Å². The highest BCUT2D eigenvalue weighted by Crippen LogP contribution is 2.23. The molecule has 0 radical (unpaired) electrons. The molecule has 1 aromatic rings. The van der Waals surface area contributed by atoms with E-state index in [1.54, 1.807) is 19.3 Å². The summed E-state index contributed by atoms with van der Waals surface area (Å²) in [6.45, 7) is 1.95. The minimum atomic E-state index is -4.66. The second kappa shape index (κ2) is 7.81. The predicted octanol–water partition coefficient (Wildman–Crippen LogP) is 2.83. The molecule has 106 valence electrons. The Kier molecular flexibility index (Phi) is 6.38. The minimum absolute atomic E-state index is 0.220. The summed E-state index contributed by atoms with van der Waals surface area (Å²) in [6, 6.07) is 5.81. The summed E-state index contributed by atoms with van der Waals surface area (Å²) in [5.41, 5.74) is 0.648. The predicted molar refractivity (Wildman–Crippen MR) is 66.9 cm³/mol. The molecule has 19 heavy (non-hydrogen) atoms. The molecular weight excluding hydrogens is 259 g/mol. The third-order valence-corrected chi connectivity index (χ3v) is 2.15. The minimum Gasteiger partial charge on any atom is -0.406 e. The van der Waals surface area contributed by atoms with E-state index in [2.05, 4.69) is 10.1 Å². The third kappa shape index (κ3) is 7.48. The number of alkyl halides is 3. The molecule has 0 heterocycles. The number of halogens is 3. The van der Waals surface area contributed by atoms with E-state index >= 15 is 0 Å². The van der Waals surface area contributed by atoms with Gasteiger partial charge in [-0.05, 0) is 17.7 Å². The van der Waals surface area contributed by atoms with Gasteiger partial charge in [0.2, 0.25) is 0 Å². The van der Waals surface area contributed by atoms with Crippen LogP contribution in [-0.4, -0.2) is 33.2 Å². The average Bonchev–Trinajstić information content (AvgIpc) is 2.32. The Hall–Kier alpha value is -1.53. The second-order valence-corrected chi connectivity index (χ2v) is 3.72. The van der Waals surface area contributed by atoms with Crippen molar-refractivity contribution in [2.24, 2.45) is 0 Å². The number of rotatable bonds is 7. The Labute approximate surface area is 110 Å². The zero-order valence-corrected chi connectivity index (χ0v) is 10.5. The summed E-state index contributed by atoms with van der Waals surface area (Å²) in [4.78, 5) is 0. The lowest BCUT2D eigenvalue weighted by Gasteiger charge is -2.08. The molecular formula is C13H16F3NO2. The number of nitrogens with one attached hydrogen (secondary N) is 1. The van der Waals surface area contributed by atoms with Crippen molar-refractivity contribution >= 4 is 6.08 Å². The van der Waals surface area contributed by atoms with Crippen LogP contribution >= 0.6 is 0 Å². The first-order valence-corrected chi connectivity index (χ1v) is 5.73. The lowest BCUT2D eigenvalue weighted by atomic mass is 10.2. The van der Waals surface area contributed by atoms with Crippen LogP contribution in [0.3, 0.4) is 0 Å². The van der Waals surface area contributed by atoms with E-state index in [4.69, 9.17) is 4.74 Å². The van der Waals surface area contributed by atoms with Crippen LogP contribution in [0.4, 0.5) is 13.2 Å². The second-order valence-electron chi connectivity index (χ2n) is 3.72. The summed E-state index contributed by atoms with van der Waals surface area (Å²) in [5, 5.41) is 3.09. The van der Waals surface area contributed by atoms with E-state index in [9.17, 15) is 13.2 Å². The topological polar surface area (TPSA) is 30.5 Å². The SMILES string of the molecule is COCCNC/C=C/c1cccc(OC(F)(F)F)c1. The fourth-order valence-electron chi connectivity index (χ4n) is 1.37. The Morgan fingerprint density at radius 2 is 2.11 bits per heavy atom. The Morgan fingerprint density at radius 1 is 1.32 bits per heavy atom. The quantitative estimate of drug-likeness (QED) is 0.776. The fraction of sp³-hybridized carbons (Fsp3) is 0.385. The summed E-state index contributed by atoms with van der Waals surface area (Å²) < 4.78 is 44.8. The van der Waals surface area contributed by atoms with Gasteiger partial charge >= 0.3 is 6.36 Å². The molecule has 0 bridgehead atoms. The first kappa shape index (κ1) is 15.5. The highest BCUT2D eigenvalue weighted by atomic mass is 19.4. The van der Waals surface area contributed by atoms with Crippen LogP contribution in [0, 0.1) is 0 Å². The van der Waals surface area contributed by atoms with Crippen molar-refractivity contribution in [3.63, 3.8) is 0 Å². The van der Waals surface area contributed by atoms with Crippen LogP contribution in [0.1, 0.15) is 5.56 Å². The van der Waals surface area contributed by atoms with Crippen LogP contribution in [0.2, 0.25) is 0 Å². The van der Waals surface area contributed by atoms with Crippen molar-refractivity contribution in [3.8, 4) is 5.75 Å². The number of hydrogen-bond donors (Lipinski definition) is 1. The largest absolute Gasteiger partial charge is 0.573 e. The molecule has 1 aromatic carbocycles. The summed E-state index contributed by atoms with van der Waals surface area (Å²) in [5.74, 6) is -0.220. The van der Waals surface area contributed by atoms with Crippen LogP contribution in [0.5, 0.6) is 5.75 Å². The molecule has 0 spiro atoms. The Balaban J connectivity index is 2.45. The van der Waals surface area contributed by atoms with Gasteiger partial charge in [-0.1, -0.05) is 24.3 Å². The number of benzene rings is 1.